The first kappa shape index (κ1) is 22.9. The summed E-state index contributed by atoms with van der Waals surface area (Å²) in [6, 6.07) is 8.23. The number of halogens is 1. The first-order chi connectivity index (χ1) is 14.0. The quantitative estimate of drug-likeness (QED) is 0.678. The number of rotatable bonds is 3. The number of aryl methyl sites for hydroxylation is 1. The molecule has 3 aliphatic rings. The second kappa shape index (κ2) is 10.0. The van der Waals surface area contributed by atoms with Crippen LogP contribution in [0.4, 0.5) is 10.5 Å². The molecule has 3 unspecified atom stereocenters. The largest absolute Gasteiger partial charge is 0.353 e. The van der Waals surface area contributed by atoms with Gasteiger partial charge in [0, 0.05) is 30.9 Å². The van der Waals surface area contributed by atoms with Gasteiger partial charge in [0.2, 0.25) is 5.91 Å². The summed E-state index contributed by atoms with van der Waals surface area (Å²) < 4.78 is 0. The van der Waals surface area contributed by atoms with Crippen LogP contribution in [0.3, 0.4) is 0 Å². The highest BCUT2D eigenvalue weighted by Gasteiger charge is 2.41. The number of hydrogen-bond donors (Lipinski definition) is 3. The number of nitrogens with two attached hydrogens (primary N) is 1. The third-order valence-electron chi connectivity index (χ3n) is 7.03. The molecule has 1 aromatic rings. The highest BCUT2D eigenvalue weighted by molar-refractivity contribution is 5.90. The van der Waals surface area contributed by atoms with Crippen LogP contribution >= 0.6 is 12.4 Å². The van der Waals surface area contributed by atoms with Crippen LogP contribution in [0.15, 0.2) is 24.3 Å². The van der Waals surface area contributed by atoms with Gasteiger partial charge in [0.15, 0.2) is 0 Å². The minimum absolute atomic E-state index is 0. The lowest BCUT2D eigenvalue weighted by Crippen LogP contribution is -2.56. The minimum Gasteiger partial charge on any atom is -0.353 e. The van der Waals surface area contributed by atoms with Crippen molar-refractivity contribution in [1.82, 2.24) is 10.2 Å². The number of anilines is 1. The van der Waals surface area contributed by atoms with E-state index in [0.717, 1.165) is 36.9 Å². The third kappa shape index (κ3) is 5.27. The molecule has 1 saturated heterocycles. The van der Waals surface area contributed by atoms with E-state index in [1.165, 1.54) is 19.3 Å². The van der Waals surface area contributed by atoms with Crippen LogP contribution in [0.25, 0.3) is 0 Å². The van der Waals surface area contributed by atoms with Crippen LogP contribution in [0.1, 0.15) is 50.5 Å². The summed E-state index contributed by atoms with van der Waals surface area (Å²) in [6.45, 7) is 3.19. The summed E-state index contributed by atoms with van der Waals surface area (Å²) in [7, 11) is 0. The second-order valence-corrected chi connectivity index (χ2v) is 9.30. The fourth-order valence-corrected chi connectivity index (χ4v) is 5.61. The van der Waals surface area contributed by atoms with E-state index in [4.69, 9.17) is 5.73 Å². The van der Waals surface area contributed by atoms with Gasteiger partial charge in [-0.3, -0.25) is 4.79 Å². The molecule has 0 aromatic heterocycles. The second-order valence-electron chi connectivity index (χ2n) is 9.30. The molecule has 6 nitrogen and oxygen atoms in total. The fourth-order valence-electron chi connectivity index (χ4n) is 5.61. The lowest BCUT2D eigenvalue weighted by Gasteiger charge is -2.46. The topological polar surface area (TPSA) is 87.5 Å². The zero-order valence-electron chi connectivity index (χ0n) is 17.8. The van der Waals surface area contributed by atoms with Gasteiger partial charge in [0.25, 0.3) is 0 Å². The number of hydrogen-bond acceptors (Lipinski definition) is 3. The lowest BCUT2D eigenvalue weighted by molar-refractivity contribution is -0.128. The molecule has 0 radical (unpaired) electrons. The summed E-state index contributed by atoms with van der Waals surface area (Å²) in [6.07, 6.45) is 7.36. The number of amides is 3. The number of nitrogens with one attached hydrogen (secondary N) is 2. The van der Waals surface area contributed by atoms with Gasteiger partial charge in [0.1, 0.15) is 0 Å². The van der Waals surface area contributed by atoms with Crippen molar-refractivity contribution in [1.29, 1.82) is 0 Å². The Hall–Kier alpha value is -1.79. The van der Waals surface area contributed by atoms with Gasteiger partial charge in [0.05, 0.1) is 5.92 Å². The number of nitrogens with zero attached hydrogens (tertiary/aromatic N) is 1. The van der Waals surface area contributed by atoms with E-state index in [2.05, 4.69) is 10.6 Å². The number of carbonyl (C=O) groups excluding carboxylic acids is 2. The summed E-state index contributed by atoms with van der Waals surface area (Å²) >= 11 is 0. The molecular weight excluding hydrogens is 400 g/mol. The summed E-state index contributed by atoms with van der Waals surface area (Å²) in [5.74, 6) is 1.04. The average molecular weight is 435 g/mol. The number of urea groups is 1. The van der Waals surface area contributed by atoms with Crippen LogP contribution in [0.2, 0.25) is 0 Å². The van der Waals surface area contributed by atoms with Crippen molar-refractivity contribution in [3.8, 4) is 0 Å². The van der Waals surface area contributed by atoms with E-state index in [0.29, 0.717) is 24.9 Å². The number of benzene rings is 1. The molecule has 7 heteroatoms. The molecule has 1 aromatic carbocycles. The number of piperidine rings is 1. The van der Waals surface area contributed by atoms with Crippen LogP contribution < -0.4 is 16.4 Å². The predicted octanol–water partition coefficient (Wildman–Crippen LogP) is 3.68. The summed E-state index contributed by atoms with van der Waals surface area (Å²) in [4.78, 5) is 27.5. The molecule has 4 N–H and O–H groups in total. The van der Waals surface area contributed by atoms with E-state index in [1.54, 1.807) is 4.90 Å². The molecule has 3 atom stereocenters. The first-order valence-electron chi connectivity index (χ1n) is 11.2. The maximum absolute atomic E-state index is 13.0. The Bertz CT molecular complexity index is 744. The van der Waals surface area contributed by atoms with Crippen LogP contribution in [0.5, 0.6) is 0 Å². The first-order valence-corrected chi connectivity index (χ1v) is 11.2. The van der Waals surface area contributed by atoms with Crippen LogP contribution in [-0.2, 0) is 4.79 Å². The zero-order chi connectivity index (χ0) is 20.4. The molecule has 4 rings (SSSR count). The van der Waals surface area contributed by atoms with E-state index >= 15 is 0 Å². The predicted molar refractivity (Wildman–Crippen MR) is 122 cm³/mol. The highest BCUT2D eigenvalue weighted by atomic mass is 35.5. The Labute approximate surface area is 185 Å². The molecule has 0 spiro atoms. The maximum Gasteiger partial charge on any atom is 0.321 e. The Morgan fingerprint density at radius 3 is 2.53 bits per heavy atom. The lowest BCUT2D eigenvalue weighted by atomic mass is 9.67. The number of carbonyl (C=O) groups is 2. The molecule has 3 amide bonds. The normalized spacial score (nSPS) is 30.7. The van der Waals surface area contributed by atoms with Gasteiger partial charge >= 0.3 is 6.03 Å². The Morgan fingerprint density at radius 2 is 1.83 bits per heavy atom. The van der Waals surface area contributed by atoms with Crippen LogP contribution in [-0.4, -0.2) is 42.0 Å². The highest BCUT2D eigenvalue weighted by Crippen LogP contribution is 2.39. The smallest absolute Gasteiger partial charge is 0.321 e. The van der Waals surface area contributed by atoms with Crippen molar-refractivity contribution in [2.45, 2.75) is 64.0 Å². The molecule has 30 heavy (non-hydrogen) atoms. The van der Waals surface area contributed by atoms with Crippen LogP contribution in [0, 0.1) is 24.7 Å². The van der Waals surface area contributed by atoms with E-state index in [1.807, 2.05) is 31.2 Å². The van der Waals surface area contributed by atoms with Crippen molar-refractivity contribution < 1.29 is 9.59 Å². The van der Waals surface area contributed by atoms with Crippen molar-refractivity contribution in [2.75, 3.05) is 18.4 Å². The van der Waals surface area contributed by atoms with Crippen molar-refractivity contribution in [3.63, 3.8) is 0 Å². The van der Waals surface area contributed by atoms with Gasteiger partial charge in [-0.1, -0.05) is 18.6 Å². The maximum atomic E-state index is 13.0. The van der Waals surface area contributed by atoms with Crippen molar-refractivity contribution in [2.24, 2.45) is 23.5 Å². The van der Waals surface area contributed by atoms with E-state index in [-0.39, 0.29) is 42.3 Å². The third-order valence-corrected chi connectivity index (χ3v) is 7.03. The minimum atomic E-state index is -0.122. The van der Waals surface area contributed by atoms with E-state index < -0.39 is 0 Å². The average Bonchev–Trinajstić information content (AvgIpc) is 2.69. The Morgan fingerprint density at radius 1 is 1.10 bits per heavy atom. The Balaban J connectivity index is 0.00000256. The zero-order valence-corrected chi connectivity index (χ0v) is 18.6. The standard InChI is InChI=1S/C23H34N4O2.ClH/c1-15-5-2-9-20(11-15)25-23(29)27-10-4-8-18(14-27)22(28)26-21-16-6-3-7-17(21)13-19(24)12-16;/h2,5,9,11,16-19,21H,3-4,6-8,10,12-14,24H2,1H3,(H,25,29)(H,26,28);1H. The molecule has 166 valence electrons. The van der Waals surface area contributed by atoms with E-state index in [9.17, 15) is 9.59 Å². The molecular formula is C23H35ClN4O2. The van der Waals surface area contributed by atoms with Gasteiger partial charge in [-0.25, -0.2) is 4.79 Å². The molecule has 1 aliphatic heterocycles. The monoisotopic (exact) mass is 434 g/mol. The summed E-state index contributed by atoms with van der Waals surface area (Å²) in [5, 5.41) is 6.35. The SMILES string of the molecule is Cc1cccc(NC(=O)N2CCCC(C(=O)NC3C4CCCC3CC(N)C4)C2)c1.Cl. The fraction of sp³-hybridized carbons (Fsp3) is 0.652. The van der Waals surface area contributed by atoms with Crippen molar-refractivity contribution >= 4 is 30.0 Å². The summed E-state index contributed by atoms with van der Waals surface area (Å²) in [5.41, 5.74) is 8.13. The molecule has 2 saturated carbocycles. The Kier molecular flexibility index (Phi) is 7.64. The van der Waals surface area contributed by atoms with Gasteiger partial charge in [-0.2, -0.15) is 0 Å². The number of likely N-dealkylation sites (tertiary alicyclic amines) is 1. The molecule has 1 heterocycles. The van der Waals surface area contributed by atoms with Gasteiger partial charge < -0.3 is 21.3 Å². The van der Waals surface area contributed by atoms with Crippen molar-refractivity contribution in [3.05, 3.63) is 29.8 Å². The van der Waals surface area contributed by atoms with Gasteiger partial charge in [-0.15, -0.1) is 12.4 Å². The van der Waals surface area contributed by atoms with Gasteiger partial charge in [-0.05, 0) is 75.0 Å². The molecule has 3 fully saturated rings. The molecule has 2 bridgehead atoms. The molecule has 2 aliphatic carbocycles. The number of fused-ring (bicyclic) bond motifs is 2.